The minimum atomic E-state index is -3.82. The van der Waals surface area contributed by atoms with Gasteiger partial charge in [-0.25, -0.2) is 22.0 Å². The molecule has 0 bridgehead atoms. The van der Waals surface area contributed by atoms with Crippen molar-refractivity contribution in [1.82, 2.24) is 4.31 Å². The predicted molar refractivity (Wildman–Crippen MR) is 74.9 cm³/mol. The van der Waals surface area contributed by atoms with Crippen LogP contribution in [0.15, 0.2) is 46.2 Å². The molecule has 1 aliphatic heterocycles. The maximum Gasteiger partial charge on any atom is 0.243 e. The van der Waals surface area contributed by atoms with Crippen LogP contribution in [0, 0.1) is 0 Å². The molecule has 1 aromatic rings. The third-order valence-electron chi connectivity index (χ3n) is 3.19. The van der Waals surface area contributed by atoms with Crippen LogP contribution in [-0.2, 0) is 20.0 Å². The number of sulfonamides is 2. The van der Waals surface area contributed by atoms with E-state index in [1.54, 1.807) is 0 Å². The predicted octanol–water partition coefficient (Wildman–Crippen LogP) is 0.673. The molecule has 2 N–H and O–H groups in total. The van der Waals surface area contributed by atoms with Gasteiger partial charge in [0.05, 0.1) is 9.79 Å². The standard InChI is InChI=1S/C12H16N2O4S2/c1-2-10-4-3-9-14(10)20(17,18)12-7-5-11(6-8-12)19(13,15)16/h3-8,10H,2,9H2,1H3,(H2,13,15,16). The van der Waals surface area contributed by atoms with Gasteiger partial charge < -0.3 is 0 Å². The lowest BCUT2D eigenvalue weighted by molar-refractivity contribution is 0.403. The zero-order valence-corrected chi connectivity index (χ0v) is 12.6. The zero-order valence-electron chi connectivity index (χ0n) is 10.9. The summed E-state index contributed by atoms with van der Waals surface area (Å²) < 4.78 is 48.6. The summed E-state index contributed by atoms with van der Waals surface area (Å²) >= 11 is 0. The van der Waals surface area contributed by atoms with Crippen molar-refractivity contribution in [3.05, 3.63) is 36.4 Å². The molecule has 0 aliphatic carbocycles. The Bertz CT molecular complexity index is 721. The first-order valence-electron chi connectivity index (χ1n) is 6.08. The number of rotatable bonds is 4. The maximum absolute atomic E-state index is 12.5. The van der Waals surface area contributed by atoms with Crippen LogP contribution < -0.4 is 5.14 Å². The molecule has 0 amide bonds. The molecule has 1 heterocycles. The highest BCUT2D eigenvalue weighted by molar-refractivity contribution is 7.89. The van der Waals surface area contributed by atoms with Crippen molar-refractivity contribution < 1.29 is 16.8 Å². The lowest BCUT2D eigenvalue weighted by Crippen LogP contribution is -2.35. The summed E-state index contributed by atoms with van der Waals surface area (Å²) in [5.41, 5.74) is 0. The Hall–Kier alpha value is -1.22. The molecule has 0 saturated carbocycles. The second-order valence-electron chi connectivity index (χ2n) is 4.49. The Morgan fingerprint density at radius 2 is 1.70 bits per heavy atom. The Morgan fingerprint density at radius 3 is 2.20 bits per heavy atom. The SMILES string of the molecule is CCC1C=CCN1S(=O)(=O)c1ccc(S(N)(=O)=O)cc1. The molecule has 2 rings (SSSR count). The number of primary sulfonamides is 1. The van der Waals surface area contributed by atoms with Crippen molar-refractivity contribution in [2.24, 2.45) is 5.14 Å². The molecule has 8 heteroatoms. The molecule has 0 saturated heterocycles. The molecule has 1 aromatic carbocycles. The fourth-order valence-corrected chi connectivity index (χ4v) is 4.23. The molecule has 1 unspecified atom stereocenters. The Morgan fingerprint density at radius 1 is 1.15 bits per heavy atom. The number of benzene rings is 1. The van der Waals surface area contributed by atoms with Gasteiger partial charge in [0.2, 0.25) is 20.0 Å². The number of nitrogens with two attached hydrogens (primary N) is 1. The lowest BCUT2D eigenvalue weighted by atomic mass is 10.2. The summed E-state index contributed by atoms with van der Waals surface area (Å²) in [7, 11) is -7.45. The minimum absolute atomic E-state index is 0.0621. The fourth-order valence-electron chi connectivity index (χ4n) is 2.11. The molecule has 6 nitrogen and oxygen atoms in total. The van der Waals surface area contributed by atoms with E-state index < -0.39 is 20.0 Å². The van der Waals surface area contributed by atoms with Crippen molar-refractivity contribution in [3.63, 3.8) is 0 Å². The normalized spacial score (nSPS) is 20.4. The van der Waals surface area contributed by atoms with E-state index in [2.05, 4.69) is 0 Å². The third kappa shape index (κ3) is 2.78. The summed E-state index contributed by atoms with van der Waals surface area (Å²) in [6.45, 7) is 2.24. The van der Waals surface area contributed by atoms with Crippen molar-refractivity contribution in [3.8, 4) is 0 Å². The summed E-state index contributed by atoms with van der Waals surface area (Å²) in [4.78, 5) is -0.0462. The van der Waals surface area contributed by atoms with E-state index in [1.165, 1.54) is 28.6 Å². The lowest BCUT2D eigenvalue weighted by Gasteiger charge is -2.22. The smallest absolute Gasteiger partial charge is 0.225 e. The molecule has 1 atom stereocenters. The van der Waals surface area contributed by atoms with Crippen molar-refractivity contribution in [2.75, 3.05) is 6.54 Å². The first kappa shape index (κ1) is 15.2. The Kier molecular flexibility index (Phi) is 4.01. The van der Waals surface area contributed by atoms with Crippen LogP contribution in [0.4, 0.5) is 0 Å². The quantitative estimate of drug-likeness (QED) is 0.826. The highest BCUT2D eigenvalue weighted by Crippen LogP contribution is 2.24. The van der Waals surface area contributed by atoms with Crippen LogP contribution in [0.5, 0.6) is 0 Å². The van der Waals surface area contributed by atoms with Gasteiger partial charge in [-0.3, -0.25) is 0 Å². The van der Waals surface area contributed by atoms with E-state index in [1.807, 2.05) is 19.1 Å². The van der Waals surface area contributed by atoms with Gasteiger partial charge in [0, 0.05) is 12.6 Å². The molecular weight excluding hydrogens is 300 g/mol. The largest absolute Gasteiger partial charge is 0.243 e. The van der Waals surface area contributed by atoms with Gasteiger partial charge >= 0.3 is 0 Å². The zero-order chi connectivity index (χ0) is 15.0. The molecule has 1 aliphatic rings. The van der Waals surface area contributed by atoms with E-state index in [4.69, 9.17) is 5.14 Å². The van der Waals surface area contributed by atoms with Crippen LogP contribution in [0.1, 0.15) is 13.3 Å². The number of hydrogen-bond donors (Lipinski definition) is 1. The summed E-state index contributed by atoms with van der Waals surface area (Å²) in [6, 6.07) is 4.78. The minimum Gasteiger partial charge on any atom is -0.225 e. The van der Waals surface area contributed by atoms with Crippen LogP contribution in [0.2, 0.25) is 0 Å². The van der Waals surface area contributed by atoms with E-state index in [0.29, 0.717) is 13.0 Å². The van der Waals surface area contributed by atoms with Crippen LogP contribution in [0.25, 0.3) is 0 Å². The Labute approximate surface area is 119 Å². The van der Waals surface area contributed by atoms with E-state index in [9.17, 15) is 16.8 Å². The molecule has 0 radical (unpaired) electrons. The van der Waals surface area contributed by atoms with E-state index in [-0.39, 0.29) is 15.8 Å². The summed E-state index contributed by atoms with van der Waals surface area (Å²) in [5, 5.41) is 4.98. The topological polar surface area (TPSA) is 97.5 Å². The van der Waals surface area contributed by atoms with Crippen LogP contribution >= 0.6 is 0 Å². The second kappa shape index (κ2) is 5.28. The summed E-state index contributed by atoms with van der Waals surface area (Å²) in [6.07, 6.45) is 4.35. The third-order valence-corrected chi connectivity index (χ3v) is 6.03. The second-order valence-corrected chi connectivity index (χ2v) is 7.95. The van der Waals surface area contributed by atoms with Crippen LogP contribution in [-0.4, -0.2) is 33.7 Å². The van der Waals surface area contributed by atoms with E-state index in [0.717, 1.165) is 0 Å². The first-order chi connectivity index (χ1) is 9.26. The Balaban J connectivity index is 2.36. The van der Waals surface area contributed by atoms with Gasteiger partial charge in [0.1, 0.15) is 0 Å². The molecule has 0 aromatic heterocycles. The van der Waals surface area contributed by atoms with Gasteiger partial charge in [0.15, 0.2) is 0 Å². The molecule has 0 spiro atoms. The highest BCUT2D eigenvalue weighted by Gasteiger charge is 2.31. The average molecular weight is 316 g/mol. The van der Waals surface area contributed by atoms with Gasteiger partial charge in [-0.2, -0.15) is 4.31 Å². The highest BCUT2D eigenvalue weighted by atomic mass is 32.2. The fraction of sp³-hybridized carbons (Fsp3) is 0.333. The molecule has 0 fully saturated rings. The van der Waals surface area contributed by atoms with Gasteiger partial charge in [-0.1, -0.05) is 19.1 Å². The van der Waals surface area contributed by atoms with Gasteiger partial charge in [0.25, 0.3) is 0 Å². The first-order valence-corrected chi connectivity index (χ1v) is 9.07. The molecule has 110 valence electrons. The van der Waals surface area contributed by atoms with Crippen LogP contribution in [0.3, 0.4) is 0 Å². The summed E-state index contributed by atoms with van der Waals surface area (Å²) in [5.74, 6) is 0. The average Bonchev–Trinajstić information content (AvgIpc) is 2.87. The number of hydrogen-bond acceptors (Lipinski definition) is 4. The van der Waals surface area contributed by atoms with Gasteiger partial charge in [-0.15, -0.1) is 0 Å². The van der Waals surface area contributed by atoms with E-state index >= 15 is 0 Å². The maximum atomic E-state index is 12.5. The molecule has 20 heavy (non-hydrogen) atoms. The van der Waals surface area contributed by atoms with Crippen molar-refractivity contribution in [2.45, 2.75) is 29.2 Å². The van der Waals surface area contributed by atoms with Crippen molar-refractivity contribution in [1.29, 1.82) is 0 Å². The van der Waals surface area contributed by atoms with Crippen molar-refractivity contribution >= 4 is 20.0 Å². The van der Waals surface area contributed by atoms with Gasteiger partial charge in [-0.05, 0) is 30.7 Å². The monoisotopic (exact) mass is 316 g/mol. The number of nitrogens with zero attached hydrogens (tertiary/aromatic N) is 1. The molecular formula is C12H16N2O4S2.